The molecule has 1 unspecified atom stereocenters. The molecule has 1 amide bonds. The molecule has 0 aliphatic carbocycles. The number of nitrogens with one attached hydrogen (secondary N) is 1. The van der Waals surface area contributed by atoms with E-state index in [-0.39, 0.29) is 11.7 Å². The van der Waals surface area contributed by atoms with E-state index in [0.29, 0.717) is 5.69 Å². The van der Waals surface area contributed by atoms with Crippen LogP contribution in [0.4, 0.5) is 10.1 Å². The Labute approximate surface area is 116 Å². The molecule has 6 heteroatoms. The third kappa shape index (κ3) is 2.03. The van der Waals surface area contributed by atoms with E-state index in [1.165, 1.54) is 17.0 Å². The molecule has 1 N–H and O–H groups in total. The molecule has 0 bridgehead atoms. The van der Waals surface area contributed by atoms with Gasteiger partial charge in [-0.3, -0.25) is 15.1 Å². The lowest BCUT2D eigenvalue weighted by atomic mass is 10.2. The van der Waals surface area contributed by atoms with E-state index in [1.54, 1.807) is 18.3 Å². The Bertz CT molecular complexity index is 581. The highest BCUT2D eigenvalue weighted by Gasteiger charge is 2.37. The molecular formula is C14H15FN4O. The van der Waals surface area contributed by atoms with Gasteiger partial charge in [-0.15, -0.1) is 0 Å². The van der Waals surface area contributed by atoms with Gasteiger partial charge in [0.1, 0.15) is 11.7 Å². The van der Waals surface area contributed by atoms with Crippen LogP contribution in [0.25, 0.3) is 0 Å². The van der Waals surface area contributed by atoms with Crippen molar-refractivity contribution in [3.8, 4) is 0 Å². The smallest absolute Gasteiger partial charge is 0.276 e. The predicted octanol–water partition coefficient (Wildman–Crippen LogP) is 1.99. The Morgan fingerprint density at radius 1 is 1.30 bits per heavy atom. The SMILES string of the molecule is CCCC1=NNC2C(=O)N(c3ccc(F)cc3)C=CN12. The van der Waals surface area contributed by atoms with Gasteiger partial charge in [0.15, 0.2) is 0 Å². The zero-order valence-corrected chi connectivity index (χ0v) is 11.1. The van der Waals surface area contributed by atoms with Gasteiger partial charge in [-0.1, -0.05) is 6.92 Å². The Morgan fingerprint density at radius 2 is 2.05 bits per heavy atom. The first-order chi connectivity index (χ1) is 9.70. The maximum atomic E-state index is 12.9. The number of hydrazone groups is 1. The van der Waals surface area contributed by atoms with Crippen LogP contribution in [0.15, 0.2) is 41.8 Å². The largest absolute Gasteiger partial charge is 0.303 e. The average Bonchev–Trinajstić information content (AvgIpc) is 2.85. The number of amides is 1. The van der Waals surface area contributed by atoms with Crippen LogP contribution in [-0.2, 0) is 4.79 Å². The highest BCUT2D eigenvalue weighted by Crippen LogP contribution is 2.23. The number of fused-ring (bicyclic) bond motifs is 1. The number of benzene rings is 1. The standard InChI is InChI=1S/C14H15FN4O/c1-2-3-12-16-17-13-14(20)18(8-9-19(12)13)11-6-4-10(15)5-7-11/h4-9,13,17H,2-3H2,1H3. The summed E-state index contributed by atoms with van der Waals surface area (Å²) in [7, 11) is 0. The lowest BCUT2D eigenvalue weighted by molar-refractivity contribution is -0.122. The summed E-state index contributed by atoms with van der Waals surface area (Å²) in [5, 5.41) is 4.20. The van der Waals surface area contributed by atoms with Crippen molar-refractivity contribution in [1.29, 1.82) is 0 Å². The van der Waals surface area contributed by atoms with Crippen molar-refractivity contribution >= 4 is 17.4 Å². The third-order valence-electron chi connectivity index (χ3n) is 3.32. The summed E-state index contributed by atoms with van der Waals surface area (Å²) < 4.78 is 12.9. The number of nitrogens with zero attached hydrogens (tertiary/aromatic N) is 3. The Morgan fingerprint density at radius 3 is 2.75 bits per heavy atom. The molecule has 0 fully saturated rings. The van der Waals surface area contributed by atoms with Crippen LogP contribution < -0.4 is 10.3 Å². The van der Waals surface area contributed by atoms with Crippen LogP contribution in [0.3, 0.4) is 0 Å². The Hall–Kier alpha value is -2.37. The van der Waals surface area contributed by atoms with E-state index in [0.717, 1.165) is 18.7 Å². The van der Waals surface area contributed by atoms with Gasteiger partial charge in [0, 0.05) is 24.5 Å². The average molecular weight is 274 g/mol. The minimum Gasteiger partial charge on any atom is -0.303 e. The second kappa shape index (κ2) is 4.96. The predicted molar refractivity (Wildman–Crippen MR) is 74.1 cm³/mol. The van der Waals surface area contributed by atoms with Crippen LogP contribution >= 0.6 is 0 Å². The lowest BCUT2D eigenvalue weighted by Gasteiger charge is -2.32. The van der Waals surface area contributed by atoms with Crippen molar-refractivity contribution in [2.75, 3.05) is 4.90 Å². The number of carbonyl (C=O) groups excluding carboxylic acids is 1. The normalized spacial score (nSPS) is 20.8. The minimum absolute atomic E-state index is 0.131. The number of rotatable bonds is 3. The van der Waals surface area contributed by atoms with Crippen LogP contribution in [0.2, 0.25) is 0 Å². The van der Waals surface area contributed by atoms with Crippen LogP contribution in [0.5, 0.6) is 0 Å². The molecule has 1 atom stereocenters. The zero-order valence-electron chi connectivity index (χ0n) is 11.1. The number of halogens is 1. The number of hydrogen-bond donors (Lipinski definition) is 1. The van der Waals surface area contributed by atoms with Crippen molar-refractivity contribution in [2.24, 2.45) is 5.10 Å². The first-order valence-electron chi connectivity index (χ1n) is 6.58. The molecule has 2 aliphatic heterocycles. The van der Waals surface area contributed by atoms with Crippen molar-refractivity contribution in [2.45, 2.75) is 25.9 Å². The highest BCUT2D eigenvalue weighted by atomic mass is 19.1. The highest BCUT2D eigenvalue weighted by molar-refractivity contribution is 6.03. The number of amidine groups is 1. The molecule has 2 heterocycles. The van der Waals surface area contributed by atoms with Gasteiger partial charge in [0.25, 0.3) is 5.91 Å². The van der Waals surface area contributed by atoms with Crippen molar-refractivity contribution in [1.82, 2.24) is 10.3 Å². The molecule has 0 saturated carbocycles. The first-order valence-corrected chi connectivity index (χ1v) is 6.58. The van der Waals surface area contributed by atoms with E-state index in [2.05, 4.69) is 17.5 Å². The summed E-state index contributed by atoms with van der Waals surface area (Å²) in [6.45, 7) is 2.07. The summed E-state index contributed by atoms with van der Waals surface area (Å²) in [6, 6.07) is 5.83. The van der Waals surface area contributed by atoms with Gasteiger partial charge < -0.3 is 4.90 Å². The maximum Gasteiger partial charge on any atom is 0.276 e. The summed E-state index contributed by atoms with van der Waals surface area (Å²) in [5.74, 6) is 0.409. The molecule has 1 aromatic rings. The van der Waals surface area contributed by atoms with Gasteiger partial charge in [0.2, 0.25) is 6.17 Å². The molecule has 104 valence electrons. The van der Waals surface area contributed by atoms with Crippen molar-refractivity contribution in [3.05, 3.63) is 42.5 Å². The molecule has 0 saturated heterocycles. The van der Waals surface area contributed by atoms with Crippen molar-refractivity contribution < 1.29 is 9.18 Å². The monoisotopic (exact) mass is 274 g/mol. The van der Waals surface area contributed by atoms with Crippen molar-refractivity contribution in [3.63, 3.8) is 0 Å². The quantitative estimate of drug-likeness (QED) is 0.917. The van der Waals surface area contributed by atoms with Gasteiger partial charge in [-0.2, -0.15) is 5.10 Å². The maximum absolute atomic E-state index is 12.9. The molecule has 20 heavy (non-hydrogen) atoms. The summed E-state index contributed by atoms with van der Waals surface area (Å²) in [5.41, 5.74) is 3.49. The van der Waals surface area contributed by atoms with Crippen LogP contribution in [0, 0.1) is 5.82 Å². The Kier molecular flexibility index (Phi) is 3.14. The van der Waals surface area contributed by atoms with E-state index in [1.807, 2.05) is 11.1 Å². The lowest BCUT2D eigenvalue weighted by Crippen LogP contribution is -2.52. The van der Waals surface area contributed by atoms with E-state index >= 15 is 0 Å². The first kappa shape index (κ1) is 12.7. The fraction of sp³-hybridized carbons (Fsp3) is 0.286. The van der Waals surface area contributed by atoms with Gasteiger partial charge in [-0.05, 0) is 30.7 Å². The summed E-state index contributed by atoms with van der Waals surface area (Å²) >= 11 is 0. The molecular weight excluding hydrogens is 259 g/mol. The van der Waals surface area contributed by atoms with Gasteiger partial charge in [0.05, 0.1) is 0 Å². The number of hydrogen-bond acceptors (Lipinski definition) is 4. The molecule has 0 aromatic heterocycles. The molecule has 0 radical (unpaired) electrons. The number of anilines is 1. The van der Waals surface area contributed by atoms with E-state index < -0.39 is 6.17 Å². The van der Waals surface area contributed by atoms with Crippen LogP contribution in [-0.4, -0.2) is 22.8 Å². The fourth-order valence-electron chi connectivity index (χ4n) is 2.32. The third-order valence-corrected chi connectivity index (χ3v) is 3.32. The topological polar surface area (TPSA) is 47.9 Å². The Balaban J connectivity index is 1.85. The summed E-state index contributed by atoms with van der Waals surface area (Å²) in [4.78, 5) is 15.8. The molecule has 3 rings (SSSR count). The molecule has 1 aromatic carbocycles. The molecule has 0 spiro atoms. The molecule has 5 nitrogen and oxygen atoms in total. The number of carbonyl (C=O) groups is 1. The minimum atomic E-state index is -0.508. The fourth-order valence-corrected chi connectivity index (χ4v) is 2.32. The van der Waals surface area contributed by atoms with E-state index in [4.69, 9.17) is 0 Å². The molecule has 2 aliphatic rings. The second-order valence-corrected chi connectivity index (χ2v) is 4.70. The van der Waals surface area contributed by atoms with E-state index in [9.17, 15) is 9.18 Å². The second-order valence-electron chi connectivity index (χ2n) is 4.70. The van der Waals surface area contributed by atoms with Crippen LogP contribution in [0.1, 0.15) is 19.8 Å². The van der Waals surface area contributed by atoms with Gasteiger partial charge >= 0.3 is 0 Å². The summed E-state index contributed by atoms with van der Waals surface area (Å²) in [6.07, 6.45) is 4.78. The van der Waals surface area contributed by atoms with Gasteiger partial charge in [-0.25, -0.2) is 4.39 Å². The zero-order chi connectivity index (χ0) is 14.1.